The Morgan fingerprint density at radius 3 is 2.07 bits per heavy atom. The monoisotopic (exact) mass is 211 g/mol. The van der Waals surface area contributed by atoms with Crippen LogP contribution < -0.4 is 0 Å². The van der Waals surface area contributed by atoms with E-state index in [1.165, 1.54) is 13.1 Å². The highest BCUT2D eigenvalue weighted by Gasteiger charge is 2.27. The maximum atomic E-state index is 11.8. The molecule has 0 saturated carbocycles. The van der Waals surface area contributed by atoms with E-state index in [4.69, 9.17) is 0 Å². The van der Waals surface area contributed by atoms with Gasteiger partial charge in [-0.2, -0.15) is 0 Å². The smallest absolute Gasteiger partial charge is 0.139 e. The van der Waals surface area contributed by atoms with E-state index < -0.39 is 0 Å². The lowest BCUT2D eigenvalue weighted by Crippen LogP contribution is -2.28. The average Bonchev–Trinajstić information content (AvgIpc) is 2.41. The molecule has 0 aliphatic carbocycles. The Morgan fingerprint density at radius 2 is 1.67 bits per heavy atom. The van der Waals surface area contributed by atoms with Crippen LogP contribution in [0, 0.1) is 17.3 Å². The van der Waals surface area contributed by atoms with Gasteiger partial charge in [0.1, 0.15) is 5.78 Å². The standard InChI is InChI=1S/C13H25NO/c1-10-8-14(9-11(10)2)7-6-12(15)13(3,4)5/h10-11H,6-9H2,1-5H3. The molecule has 1 aliphatic rings. The number of hydrogen-bond donors (Lipinski definition) is 0. The number of likely N-dealkylation sites (tertiary alicyclic amines) is 1. The van der Waals surface area contributed by atoms with Crippen molar-refractivity contribution in [1.29, 1.82) is 0 Å². The summed E-state index contributed by atoms with van der Waals surface area (Å²) in [6, 6.07) is 0. The Labute approximate surface area is 94.0 Å². The van der Waals surface area contributed by atoms with Gasteiger partial charge >= 0.3 is 0 Å². The molecule has 0 bridgehead atoms. The lowest BCUT2D eigenvalue weighted by Gasteiger charge is -2.20. The second kappa shape index (κ2) is 4.65. The third kappa shape index (κ3) is 3.60. The van der Waals surface area contributed by atoms with Crippen molar-refractivity contribution >= 4 is 5.78 Å². The fourth-order valence-electron chi connectivity index (χ4n) is 2.07. The van der Waals surface area contributed by atoms with Crippen molar-refractivity contribution in [2.45, 2.75) is 41.0 Å². The fourth-order valence-corrected chi connectivity index (χ4v) is 2.07. The summed E-state index contributed by atoms with van der Waals surface area (Å²) < 4.78 is 0. The number of hydrogen-bond acceptors (Lipinski definition) is 2. The Kier molecular flexibility index (Phi) is 3.93. The lowest BCUT2D eigenvalue weighted by molar-refractivity contribution is -0.126. The van der Waals surface area contributed by atoms with Crippen molar-refractivity contribution in [2.75, 3.05) is 19.6 Å². The van der Waals surface area contributed by atoms with Crippen molar-refractivity contribution in [1.82, 2.24) is 4.90 Å². The summed E-state index contributed by atoms with van der Waals surface area (Å²) in [4.78, 5) is 14.2. The molecule has 1 rings (SSSR count). The fraction of sp³-hybridized carbons (Fsp3) is 0.923. The van der Waals surface area contributed by atoms with Gasteiger partial charge in [0.15, 0.2) is 0 Å². The molecule has 1 heterocycles. The average molecular weight is 211 g/mol. The SMILES string of the molecule is CC1CN(CCC(=O)C(C)(C)C)CC1C. The van der Waals surface area contributed by atoms with Gasteiger partial charge in [0.2, 0.25) is 0 Å². The Bertz CT molecular complexity index is 219. The van der Waals surface area contributed by atoms with E-state index in [9.17, 15) is 4.79 Å². The van der Waals surface area contributed by atoms with Gasteiger partial charge in [0.05, 0.1) is 0 Å². The molecule has 0 aromatic rings. The molecule has 15 heavy (non-hydrogen) atoms. The molecule has 1 saturated heterocycles. The zero-order valence-electron chi connectivity index (χ0n) is 10.8. The van der Waals surface area contributed by atoms with E-state index in [2.05, 4.69) is 18.7 Å². The van der Waals surface area contributed by atoms with Crippen molar-refractivity contribution in [2.24, 2.45) is 17.3 Å². The van der Waals surface area contributed by atoms with E-state index in [0.29, 0.717) is 12.2 Å². The minimum Gasteiger partial charge on any atom is -0.302 e. The van der Waals surface area contributed by atoms with Gasteiger partial charge in [0.25, 0.3) is 0 Å². The van der Waals surface area contributed by atoms with Gasteiger partial charge in [-0.25, -0.2) is 0 Å². The number of rotatable bonds is 3. The number of ketones is 1. The molecule has 0 amide bonds. The van der Waals surface area contributed by atoms with Crippen LogP contribution >= 0.6 is 0 Å². The Balaban J connectivity index is 2.30. The van der Waals surface area contributed by atoms with Crippen LogP contribution in [0.15, 0.2) is 0 Å². The molecule has 0 N–H and O–H groups in total. The largest absolute Gasteiger partial charge is 0.302 e. The third-order valence-electron chi connectivity index (χ3n) is 3.56. The minimum atomic E-state index is -0.170. The third-order valence-corrected chi connectivity index (χ3v) is 3.56. The number of nitrogens with zero attached hydrogens (tertiary/aromatic N) is 1. The van der Waals surface area contributed by atoms with Crippen LogP contribution in [0.3, 0.4) is 0 Å². The van der Waals surface area contributed by atoms with E-state index in [0.717, 1.165) is 18.4 Å². The van der Waals surface area contributed by atoms with Crippen molar-refractivity contribution in [3.63, 3.8) is 0 Å². The molecule has 1 fully saturated rings. The summed E-state index contributed by atoms with van der Waals surface area (Å²) in [7, 11) is 0. The summed E-state index contributed by atoms with van der Waals surface area (Å²) >= 11 is 0. The van der Waals surface area contributed by atoms with Crippen LogP contribution in [0.25, 0.3) is 0 Å². The zero-order valence-corrected chi connectivity index (χ0v) is 10.8. The topological polar surface area (TPSA) is 20.3 Å². The molecule has 88 valence electrons. The first-order valence-corrected chi connectivity index (χ1v) is 6.06. The Hall–Kier alpha value is -0.370. The van der Waals surface area contributed by atoms with Crippen molar-refractivity contribution < 1.29 is 4.79 Å². The molecule has 2 heteroatoms. The highest BCUT2D eigenvalue weighted by atomic mass is 16.1. The van der Waals surface area contributed by atoms with Crippen LogP contribution in [0.1, 0.15) is 41.0 Å². The van der Waals surface area contributed by atoms with E-state index >= 15 is 0 Å². The van der Waals surface area contributed by atoms with Gasteiger partial charge in [-0.15, -0.1) is 0 Å². The summed E-state index contributed by atoms with van der Waals surface area (Å²) in [5.74, 6) is 1.96. The maximum absolute atomic E-state index is 11.8. The second-order valence-corrected chi connectivity index (χ2v) is 6.14. The zero-order chi connectivity index (χ0) is 11.6. The van der Waals surface area contributed by atoms with Crippen LogP contribution in [0.2, 0.25) is 0 Å². The predicted octanol–water partition coefficient (Wildman–Crippen LogP) is 2.58. The summed E-state index contributed by atoms with van der Waals surface area (Å²) in [6.45, 7) is 13.9. The number of Topliss-reactive ketones (excluding diaryl/α,β-unsaturated/α-hetero) is 1. The van der Waals surface area contributed by atoms with Gasteiger partial charge in [-0.1, -0.05) is 34.6 Å². The van der Waals surface area contributed by atoms with Gasteiger partial charge < -0.3 is 4.90 Å². The second-order valence-electron chi connectivity index (χ2n) is 6.14. The predicted molar refractivity (Wildman–Crippen MR) is 63.8 cm³/mol. The Morgan fingerprint density at radius 1 is 1.20 bits per heavy atom. The van der Waals surface area contributed by atoms with Crippen molar-refractivity contribution in [3.8, 4) is 0 Å². The normalized spacial score (nSPS) is 28.3. The first-order chi connectivity index (χ1) is 6.80. The van der Waals surface area contributed by atoms with E-state index in [-0.39, 0.29) is 5.41 Å². The molecular weight excluding hydrogens is 186 g/mol. The summed E-state index contributed by atoms with van der Waals surface area (Å²) in [6.07, 6.45) is 0.711. The molecular formula is C13H25NO. The number of carbonyl (C=O) groups is 1. The van der Waals surface area contributed by atoms with Crippen LogP contribution in [-0.4, -0.2) is 30.3 Å². The van der Waals surface area contributed by atoms with Crippen LogP contribution in [0.5, 0.6) is 0 Å². The van der Waals surface area contributed by atoms with Crippen LogP contribution in [0.4, 0.5) is 0 Å². The minimum absolute atomic E-state index is 0.170. The highest BCUT2D eigenvalue weighted by Crippen LogP contribution is 2.23. The molecule has 0 aromatic heterocycles. The quantitative estimate of drug-likeness (QED) is 0.715. The molecule has 2 atom stereocenters. The molecule has 2 nitrogen and oxygen atoms in total. The van der Waals surface area contributed by atoms with Crippen LogP contribution in [-0.2, 0) is 4.79 Å². The number of carbonyl (C=O) groups excluding carboxylic acids is 1. The van der Waals surface area contributed by atoms with Crippen molar-refractivity contribution in [3.05, 3.63) is 0 Å². The summed E-state index contributed by atoms with van der Waals surface area (Å²) in [5, 5.41) is 0. The maximum Gasteiger partial charge on any atom is 0.139 e. The molecule has 0 spiro atoms. The van der Waals surface area contributed by atoms with E-state index in [1.807, 2.05) is 20.8 Å². The molecule has 0 aromatic carbocycles. The molecule has 1 aliphatic heterocycles. The van der Waals surface area contributed by atoms with Gasteiger partial charge in [-0.05, 0) is 11.8 Å². The molecule has 0 radical (unpaired) electrons. The molecule has 2 unspecified atom stereocenters. The first kappa shape index (κ1) is 12.7. The lowest BCUT2D eigenvalue weighted by atomic mass is 9.89. The highest BCUT2D eigenvalue weighted by molar-refractivity contribution is 5.83. The van der Waals surface area contributed by atoms with E-state index in [1.54, 1.807) is 0 Å². The summed E-state index contributed by atoms with van der Waals surface area (Å²) in [5.41, 5.74) is -0.170. The van der Waals surface area contributed by atoms with Gasteiger partial charge in [0, 0.05) is 31.5 Å². The van der Waals surface area contributed by atoms with Gasteiger partial charge in [-0.3, -0.25) is 4.79 Å². The first-order valence-electron chi connectivity index (χ1n) is 6.06.